The Labute approximate surface area is 119 Å². The maximum absolute atomic E-state index is 8.82. The van der Waals surface area contributed by atoms with Gasteiger partial charge >= 0.3 is 0 Å². The molecule has 0 spiro atoms. The largest absolute Gasteiger partial charge is 0.486 e. The van der Waals surface area contributed by atoms with Crippen molar-refractivity contribution >= 4 is 11.6 Å². The first-order valence-corrected chi connectivity index (χ1v) is 6.68. The average Bonchev–Trinajstić information content (AvgIpc) is 2.49. The van der Waals surface area contributed by atoms with Crippen LogP contribution in [0.3, 0.4) is 0 Å². The maximum atomic E-state index is 8.82. The third-order valence-electron chi connectivity index (χ3n) is 3.32. The molecule has 0 amide bonds. The van der Waals surface area contributed by atoms with Crippen LogP contribution in [0.25, 0.3) is 0 Å². The van der Waals surface area contributed by atoms with Crippen LogP contribution in [0.15, 0.2) is 18.2 Å². The molecule has 0 aliphatic carbocycles. The lowest BCUT2D eigenvalue weighted by Gasteiger charge is -2.27. The SMILES string of the molecule is CC1(C)CC(Oc2ccc(C#N)cc2Cl)C(C)(C)O1. The molecule has 1 heterocycles. The first-order chi connectivity index (χ1) is 8.73. The standard InChI is InChI=1S/C15H18ClNO2/c1-14(2)8-13(15(3,4)19-14)18-12-6-5-10(9-17)7-11(12)16/h5-7,13H,8H2,1-4H3. The van der Waals surface area contributed by atoms with Gasteiger partial charge in [-0.15, -0.1) is 0 Å². The molecule has 2 rings (SSSR count). The van der Waals surface area contributed by atoms with Crippen LogP contribution < -0.4 is 4.74 Å². The number of benzene rings is 1. The van der Waals surface area contributed by atoms with Crippen molar-refractivity contribution in [3.8, 4) is 11.8 Å². The molecular formula is C15H18ClNO2. The molecule has 4 heteroatoms. The molecule has 1 aromatic carbocycles. The molecule has 19 heavy (non-hydrogen) atoms. The van der Waals surface area contributed by atoms with E-state index in [1.54, 1.807) is 18.2 Å². The topological polar surface area (TPSA) is 42.2 Å². The van der Waals surface area contributed by atoms with Crippen LogP contribution in [0.5, 0.6) is 5.75 Å². The first-order valence-electron chi connectivity index (χ1n) is 6.30. The fourth-order valence-corrected chi connectivity index (χ4v) is 2.74. The van der Waals surface area contributed by atoms with Gasteiger partial charge in [-0.2, -0.15) is 5.26 Å². The molecule has 102 valence electrons. The summed E-state index contributed by atoms with van der Waals surface area (Å²) in [6.07, 6.45) is 0.740. The van der Waals surface area contributed by atoms with Crippen LogP contribution in [0.2, 0.25) is 5.02 Å². The van der Waals surface area contributed by atoms with Crippen molar-refractivity contribution in [2.75, 3.05) is 0 Å². The number of nitriles is 1. The van der Waals surface area contributed by atoms with Gasteiger partial charge in [0.05, 0.1) is 22.3 Å². The van der Waals surface area contributed by atoms with Gasteiger partial charge in [-0.05, 0) is 45.9 Å². The molecule has 1 unspecified atom stereocenters. The highest BCUT2D eigenvalue weighted by molar-refractivity contribution is 6.32. The van der Waals surface area contributed by atoms with E-state index in [-0.39, 0.29) is 17.3 Å². The van der Waals surface area contributed by atoms with Crippen LogP contribution in [-0.2, 0) is 4.74 Å². The lowest BCUT2D eigenvalue weighted by atomic mass is 9.97. The molecule has 0 aromatic heterocycles. The Bertz CT molecular complexity index is 531. The van der Waals surface area contributed by atoms with Gasteiger partial charge in [0, 0.05) is 6.42 Å². The minimum Gasteiger partial charge on any atom is -0.486 e. The zero-order valence-electron chi connectivity index (χ0n) is 11.7. The molecule has 1 saturated heterocycles. The fraction of sp³-hybridized carbons (Fsp3) is 0.533. The van der Waals surface area contributed by atoms with Gasteiger partial charge in [0.25, 0.3) is 0 Å². The highest BCUT2D eigenvalue weighted by Gasteiger charge is 2.47. The van der Waals surface area contributed by atoms with Gasteiger partial charge in [0.1, 0.15) is 17.5 Å². The summed E-state index contributed by atoms with van der Waals surface area (Å²) in [5.41, 5.74) is -0.0341. The molecule has 0 N–H and O–H groups in total. The lowest BCUT2D eigenvalue weighted by Crippen LogP contribution is -2.36. The number of rotatable bonds is 2. The van der Waals surface area contributed by atoms with E-state index in [0.29, 0.717) is 16.3 Å². The monoisotopic (exact) mass is 279 g/mol. The quantitative estimate of drug-likeness (QED) is 0.823. The summed E-state index contributed by atoms with van der Waals surface area (Å²) in [5.74, 6) is 0.597. The summed E-state index contributed by atoms with van der Waals surface area (Å²) in [5, 5.41) is 9.28. The summed E-state index contributed by atoms with van der Waals surface area (Å²) in [4.78, 5) is 0. The second kappa shape index (κ2) is 4.70. The second-order valence-corrected chi connectivity index (χ2v) is 6.44. The Morgan fingerprint density at radius 2 is 2.05 bits per heavy atom. The summed E-state index contributed by atoms with van der Waals surface area (Å²) in [7, 11) is 0. The molecule has 0 saturated carbocycles. The van der Waals surface area contributed by atoms with E-state index in [4.69, 9.17) is 26.3 Å². The maximum Gasteiger partial charge on any atom is 0.138 e. The smallest absolute Gasteiger partial charge is 0.138 e. The van der Waals surface area contributed by atoms with Gasteiger partial charge < -0.3 is 9.47 Å². The molecule has 1 aliphatic heterocycles. The zero-order valence-corrected chi connectivity index (χ0v) is 12.4. The van der Waals surface area contributed by atoms with Gasteiger partial charge in [-0.3, -0.25) is 0 Å². The second-order valence-electron chi connectivity index (χ2n) is 6.03. The van der Waals surface area contributed by atoms with E-state index in [2.05, 4.69) is 19.9 Å². The van der Waals surface area contributed by atoms with Crippen molar-refractivity contribution in [2.45, 2.75) is 51.4 Å². The fourth-order valence-electron chi connectivity index (χ4n) is 2.51. The highest BCUT2D eigenvalue weighted by atomic mass is 35.5. The van der Waals surface area contributed by atoms with Crippen molar-refractivity contribution in [3.05, 3.63) is 28.8 Å². The Morgan fingerprint density at radius 1 is 1.37 bits per heavy atom. The van der Waals surface area contributed by atoms with E-state index in [1.807, 2.05) is 13.8 Å². The minimum atomic E-state index is -0.360. The Morgan fingerprint density at radius 3 is 2.53 bits per heavy atom. The van der Waals surface area contributed by atoms with Crippen LogP contribution in [0.4, 0.5) is 0 Å². The first kappa shape index (κ1) is 14.2. The lowest BCUT2D eigenvalue weighted by molar-refractivity contribution is -0.0845. The van der Waals surface area contributed by atoms with E-state index >= 15 is 0 Å². The van der Waals surface area contributed by atoms with E-state index < -0.39 is 0 Å². The molecule has 1 aromatic rings. The minimum absolute atomic E-state index is 0.0621. The molecule has 1 atom stereocenters. The number of ether oxygens (including phenoxy) is 2. The van der Waals surface area contributed by atoms with Crippen molar-refractivity contribution in [1.82, 2.24) is 0 Å². The summed E-state index contributed by atoms with van der Waals surface area (Å²) >= 11 is 6.13. The Kier molecular flexibility index (Phi) is 3.51. The number of hydrogen-bond acceptors (Lipinski definition) is 3. The van der Waals surface area contributed by atoms with Gasteiger partial charge in [-0.25, -0.2) is 0 Å². The summed E-state index contributed by atoms with van der Waals surface area (Å²) < 4.78 is 12.0. The molecule has 0 radical (unpaired) electrons. The van der Waals surface area contributed by atoms with Crippen molar-refractivity contribution in [1.29, 1.82) is 5.26 Å². The Hall–Kier alpha value is -1.24. The summed E-state index contributed by atoms with van der Waals surface area (Å²) in [6, 6.07) is 7.11. The van der Waals surface area contributed by atoms with Crippen molar-refractivity contribution in [3.63, 3.8) is 0 Å². The van der Waals surface area contributed by atoms with Crippen LogP contribution in [0, 0.1) is 11.3 Å². The third kappa shape index (κ3) is 3.02. The normalized spacial score (nSPS) is 23.9. The van der Waals surface area contributed by atoms with Crippen LogP contribution >= 0.6 is 11.6 Å². The number of hydrogen-bond donors (Lipinski definition) is 0. The molecule has 3 nitrogen and oxygen atoms in total. The predicted molar refractivity (Wildman–Crippen MR) is 74.4 cm³/mol. The third-order valence-corrected chi connectivity index (χ3v) is 3.62. The molecule has 0 bridgehead atoms. The highest BCUT2D eigenvalue weighted by Crippen LogP contribution is 2.40. The molecule has 1 fully saturated rings. The van der Waals surface area contributed by atoms with Gasteiger partial charge in [-0.1, -0.05) is 11.6 Å². The predicted octanol–water partition coefficient (Wildman–Crippen LogP) is 3.94. The van der Waals surface area contributed by atoms with Gasteiger partial charge in [0.15, 0.2) is 0 Å². The van der Waals surface area contributed by atoms with Gasteiger partial charge in [0.2, 0.25) is 0 Å². The number of nitrogens with zero attached hydrogens (tertiary/aromatic N) is 1. The Balaban J connectivity index is 2.20. The zero-order chi connectivity index (χ0) is 14.3. The number of halogens is 1. The van der Waals surface area contributed by atoms with E-state index in [0.717, 1.165) is 6.42 Å². The van der Waals surface area contributed by atoms with E-state index in [9.17, 15) is 0 Å². The van der Waals surface area contributed by atoms with Crippen LogP contribution in [-0.4, -0.2) is 17.3 Å². The summed E-state index contributed by atoms with van der Waals surface area (Å²) in [6.45, 7) is 8.14. The molecule has 1 aliphatic rings. The van der Waals surface area contributed by atoms with Crippen LogP contribution in [0.1, 0.15) is 39.7 Å². The van der Waals surface area contributed by atoms with E-state index in [1.165, 1.54) is 0 Å². The van der Waals surface area contributed by atoms with Crippen molar-refractivity contribution in [2.24, 2.45) is 0 Å². The van der Waals surface area contributed by atoms with Crippen molar-refractivity contribution < 1.29 is 9.47 Å². The average molecular weight is 280 g/mol. The molecular weight excluding hydrogens is 262 g/mol.